The molecular weight excluding hydrogens is 257 g/mol. The Labute approximate surface area is 89.2 Å². The van der Waals surface area contributed by atoms with E-state index in [-0.39, 0.29) is 12.4 Å². The molecule has 0 radical (unpaired) electrons. The molecule has 0 aromatic carbocycles. The molecule has 1 heterocycles. The Kier molecular flexibility index (Phi) is 3.69. The van der Waals surface area contributed by atoms with Gasteiger partial charge in [-0.15, -0.1) is 0 Å². The first-order valence-electron chi connectivity index (χ1n) is 3.50. The van der Waals surface area contributed by atoms with Gasteiger partial charge in [-0.05, 0) is 21.5 Å². The van der Waals surface area contributed by atoms with Crippen molar-refractivity contribution in [3.63, 3.8) is 0 Å². The van der Waals surface area contributed by atoms with Crippen molar-refractivity contribution in [2.45, 2.75) is 6.42 Å². The lowest BCUT2D eigenvalue weighted by molar-refractivity contribution is -0.139. The molecule has 0 fully saturated rings. The van der Waals surface area contributed by atoms with E-state index in [1.165, 1.54) is 13.3 Å². The molecule has 0 unspecified atom stereocenters. The molecular formula is C8H7BrClNO2. The maximum absolute atomic E-state index is 11.0. The van der Waals surface area contributed by atoms with E-state index in [1.807, 2.05) is 0 Å². The van der Waals surface area contributed by atoms with E-state index in [2.05, 4.69) is 25.7 Å². The second kappa shape index (κ2) is 4.58. The Hall–Kier alpha value is -0.610. The first-order chi connectivity index (χ1) is 6.15. The number of nitrogens with zero attached hydrogens (tertiary/aromatic N) is 1. The fourth-order valence-corrected chi connectivity index (χ4v) is 1.63. The number of esters is 1. The van der Waals surface area contributed by atoms with Crippen molar-refractivity contribution >= 4 is 33.5 Å². The van der Waals surface area contributed by atoms with E-state index < -0.39 is 0 Å². The number of hydrogen-bond acceptors (Lipinski definition) is 3. The Bertz CT molecular complexity index is 310. The Morgan fingerprint density at radius 3 is 2.92 bits per heavy atom. The zero-order valence-electron chi connectivity index (χ0n) is 6.88. The summed E-state index contributed by atoms with van der Waals surface area (Å²) in [5.41, 5.74) is 0.698. The zero-order chi connectivity index (χ0) is 9.84. The fraction of sp³-hybridized carbons (Fsp3) is 0.250. The van der Waals surface area contributed by atoms with Crippen molar-refractivity contribution in [3.05, 3.63) is 27.5 Å². The largest absolute Gasteiger partial charge is 0.469 e. The van der Waals surface area contributed by atoms with Gasteiger partial charge < -0.3 is 4.74 Å². The molecule has 0 amide bonds. The summed E-state index contributed by atoms with van der Waals surface area (Å²) in [7, 11) is 1.34. The zero-order valence-corrected chi connectivity index (χ0v) is 9.22. The number of methoxy groups -OCH3 is 1. The number of halogens is 2. The van der Waals surface area contributed by atoms with Gasteiger partial charge in [0, 0.05) is 16.9 Å². The minimum Gasteiger partial charge on any atom is -0.469 e. The van der Waals surface area contributed by atoms with E-state index in [0.29, 0.717) is 15.1 Å². The van der Waals surface area contributed by atoms with E-state index in [1.54, 1.807) is 6.20 Å². The van der Waals surface area contributed by atoms with Crippen LogP contribution < -0.4 is 0 Å². The molecule has 1 rings (SSSR count). The highest BCUT2D eigenvalue weighted by Crippen LogP contribution is 2.23. The summed E-state index contributed by atoms with van der Waals surface area (Å²) < 4.78 is 5.24. The summed E-state index contributed by atoms with van der Waals surface area (Å²) in [6, 6.07) is 0. The molecule has 0 aliphatic heterocycles. The van der Waals surface area contributed by atoms with Crippen LogP contribution in [0.15, 0.2) is 16.9 Å². The van der Waals surface area contributed by atoms with Crippen LogP contribution in [0.25, 0.3) is 0 Å². The number of carbonyl (C=O) groups is 1. The van der Waals surface area contributed by atoms with Gasteiger partial charge in [-0.25, -0.2) is 0 Å². The summed E-state index contributed by atoms with van der Waals surface area (Å²) in [6.07, 6.45) is 3.23. The van der Waals surface area contributed by atoms with Crippen molar-refractivity contribution in [1.82, 2.24) is 4.98 Å². The average Bonchev–Trinajstić information content (AvgIpc) is 2.11. The molecule has 0 atom stereocenters. The van der Waals surface area contributed by atoms with Crippen LogP contribution in [0.2, 0.25) is 5.02 Å². The lowest BCUT2D eigenvalue weighted by atomic mass is 10.2. The van der Waals surface area contributed by atoms with Crippen LogP contribution in [-0.4, -0.2) is 18.1 Å². The van der Waals surface area contributed by atoms with Crippen molar-refractivity contribution in [2.24, 2.45) is 0 Å². The van der Waals surface area contributed by atoms with Crippen LogP contribution in [0, 0.1) is 0 Å². The fourth-order valence-electron chi connectivity index (χ4n) is 0.823. The van der Waals surface area contributed by atoms with Crippen LogP contribution in [-0.2, 0) is 16.0 Å². The average molecular weight is 265 g/mol. The van der Waals surface area contributed by atoms with E-state index >= 15 is 0 Å². The maximum atomic E-state index is 11.0. The maximum Gasteiger partial charge on any atom is 0.310 e. The van der Waals surface area contributed by atoms with Crippen molar-refractivity contribution in [3.8, 4) is 0 Å². The topological polar surface area (TPSA) is 39.2 Å². The van der Waals surface area contributed by atoms with Gasteiger partial charge >= 0.3 is 5.97 Å². The van der Waals surface area contributed by atoms with Gasteiger partial charge in [-0.1, -0.05) is 11.6 Å². The van der Waals surface area contributed by atoms with Gasteiger partial charge in [0.1, 0.15) is 0 Å². The molecule has 0 aliphatic rings. The minimum atomic E-state index is -0.325. The van der Waals surface area contributed by atoms with Crippen molar-refractivity contribution < 1.29 is 9.53 Å². The van der Waals surface area contributed by atoms with Gasteiger partial charge in [0.2, 0.25) is 0 Å². The molecule has 1 aromatic rings. The Morgan fingerprint density at radius 2 is 2.38 bits per heavy atom. The predicted octanol–water partition coefficient (Wildman–Crippen LogP) is 2.21. The third kappa shape index (κ3) is 2.67. The van der Waals surface area contributed by atoms with Gasteiger partial charge in [0.25, 0.3) is 0 Å². The highest BCUT2D eigenvalue weighted by molar-refractivity contribution is 9.10. The molecule has 70 valence electrons. The van der Waals surface area contributed by atoms with Crippen LogP contribution in [0.1, 0.15) is 5.56 Å². The SMILES string of the molecule is COC(=O)Cc1c(Cl)cncc1Br. The minimum absolute atomic E-state index is 0.151. The second-order valence-corrected chi connectivity index (χ2v) is 3.60. The first-order valence-corrected chi connectivity index (χ1v) is 4.67. The standard InChI is InChI=1S/C8H7BrClNO2/c1-13-8(12)2-5-6(9)3-11-4-7(5)10/h3-4H,2H2,1H3. The van der Waals surface area contributed by atoms with E-state index in [9.17, 15) is 4.79 Å². The monoisotopic (exact) mass is 263 g/mol. The molecule has 3 nitrogen and oxygen atoms in total. The molecule has 0 saturated carbocycles. The number of pyridine rings is 1. The van der Waals surface area contributed by atoms with E-state index in [0.717, 1.165) is 0 Å². The molecule has 0 spiro atoms. The highest BCUT2D eigenvalue weighted by atomic mass is 79.9. The van der Waals surface area contributed by atoms with Gasteiger partial charge in [0.15, 0.2) is 0 Å². The van der Waals surface area contributed by atoms with E-state index in [4.69, 9.17) is 11.6 Å². The highest BCUT2D eigenvalue weighted by Gasteiger charge is 2.10. The molecule has 0 N–H and O–H groups in total. The smallest absolute Gasteiger partial charge is 0.310 e. The predicted molar refractivity (Wildman–Crippen MR) is 52.7 cm³/mol. The molecule has 1 aromatic heterocycles. The van der Waals surface area contributed by atoms with Crippen LogP contribution in [0.4, 0.5) is 0 Å². The van der Waals surface area contributed by atoms with Crippen LogP contribution in [0.5, 0.6) is 0 Å². The quantitative estimate of drug-likeness (QED) is 0.769. The Morgan fingerprint density at radius 1 is 1.69 bits per heavy atom. The summed E-state index contributed by atoms with van der Waals surface area (Å²) >= 11 is 9.08. The summed E-state index contributed by atoms with van der Waals surface area (Å²) in [5, 5.41) is 0.458. The summed E-state index contributed by atoms with van der Waals surface area (Å²) in [4.78, 5) is 14.8. The number of carbonyl (C=O) groups excluding carboxylic acids is 1. The van der Waals surface area contributed by atoms with Gasteiger partial charge in [-0.3, -0.25) is 9.78 Å². The molecule has 0 bridgehead atoms. The van der Waals surface area contributed by atoms with Crippen molar-refractivity contribution in [2.75, 3.05) is 7.11 Å². The summed E-state index contributed by atoms with van der Waals surface area (Å²) in [6.45, 7) is 0. The first kappa shape index (κ1) is 10.5. The normalized spacial score (nSPS) is 9.77. The van der Waals surface area contributed by atoms with Gasteiger partial charge in [0.05, 0.1) is 18.6 Å². The number of hydrogen-bond donors (Lipinski definition) is 0. The third-order valence-corrected chi connectivity index (χ3v) is 2.51. The number of aromatic nitrogens is 1. The van der Waals surface area contributed by atoms with Crippen LogP contribution in [0.3, 0.4) is 0 Å². The molecule has 0 aliphatic carbocycles. The van der Waals surface area contributed by atoms with Gasteiger partial charge in [-0.2, -0.15) is 0 Å². The Balaban J connectivity index is 2.93. The lowest BCUT2D eigenvalue weighted by Gasteiger charge is -2.04. The second-order valence-electron chi connectivity index (χ2n) is 2.33. The number of rotatable bonds is 2. The van der Waals surface area contributed by atoms with Crippen LogP contribution >= 0.6 is 27.5 Å². The molecule has 5 heteroatoms. The summed E-state index contributed by atoms with van der Waals surface area (Å²) in [5.74, 6) is -0.325. The molecule has 13 heavy (non-hydrogen) atoms. The molecule has 0 saturated heterocycles. The third-order valence-electron chi connectivity index (χ3n) is 1.50. The lowest BCUT2D eigenvalue weighted by Crippen LogP contribution is -2.05. The van der Waals surface area contributed by atoms with Crippen molar-refractivity contribution in [1.29, 1.82) is 0 Å². The number of ether oxygens (including phenoxy) is 1.